The van der Waals surface area contributed by atoms with Crippen molar-refractivity contribution in [3.63, 3.8) is 0 Å². The Morgan fingerprint density at radius 3 is 3.13 bits per heavy atom. The monoisotopic (exact) mass is 241 g/mol. The molecule has 2 rings (SSSR count). The van der Waals surface area contributed by atoms with Crippen LogP contribution in [0.5, 0.6) is 0 Å². The number of benzene rings is 1. The third kappa shape index (κ3) is 2.11. The Morgan fingerprint density at radius 2 is 2.40 bits per heavy atom. The highest BCUT2D eigenvalue weighted by Gasteiger charge is 2.09. The lowest BCUT2D eigenvalue weighted by molar-refractivity contribution is 0.0526. The van der Waals surface area contributed by atoms with Crippen LogP contribution in [0.2, 0.25) is 4.47 Å². The van der Waals surface area contributed by atoms with Gasteiger partial charge in [0.25, 0.3) is 0 Å². The van der Waals surface area contributed by atoms with Gasteiger partial charge in [0, 0.05) is 0 Å². The molecule has 0 saturated carbocycles. The van der Waals surface area contributed by atoms with Crippen LogP contribution in [0.3, 0.4) is 0 Å². The summed E-state index contributed by atoms with van der Waals surface area (Å²) in [5, 5.41) is 0. The number of carbonyl (C=O) groups excluding carboxylic acids is 1. The maximum absolute atomic E-state index is 11.4. The first kappa shape index (κ1) is 10.4. The van der Waals surface area contributed by atoms with Crippen molar-refractivity contribution in [2.45, 2.75) is 6.92 Å². The molecule has 0 amide bonds. The number of esters is 1. The van der Waals surface area contributed by atoms with Crippen molar-refractivity contribution in [3.8, 4) is 0 Å². The van der Waals surface area contributed by atoms with Crippen molar-refractivity contribution in [1.82, 2.24) is 4.98 Å². The zero-order chi connectivity index (χ0) is 10.8. The predicted octanol–water partition coefficient (Wildman–Crippen LogP) is 3.13. The highest BCUT2D eigenvalue weighted by Crippen LogP contribution is 2.26. The molecule has 2 aromatic rings. The van der Waals surface area contributed by atoms with E-state index >= 15 is 0 Å². The average Bonchev–Trinajstić information content (AvgIpc) is 2.57. The fourth-order valence-electron chi connectivity index (χ4n) is 1.24. The maximum Gasteiger partial charge on any atom is 0.338 e. The molecule has 0 bridgehead atoms. The van der Waals surface area contributed by atoms with Gasteiger partial charge in [-0.05, 0) is 25.1 Å². The van der Waals surface area contributed by atoms with Crippen molar-refractivity contribution < 1.29 is 9.53 Å². The van der Waals surface area contributed by atoms with Crippen LogP contribution in [0.4, 0.5) is 0 Å². The zero-order valence-corrected chi connectivity index (χ0v) is 9.56. The fourth-order valence-corrected chi connectivity index (χ4v) is 2.25. The molecule has 3 nitrogen and oxygen atoms in total. The Labute approximate surface area is 95.6 Å². The first-order chi connectivity index (χ1) is 7.20. The molecule has 1 heterocycles. The molecule has 0 fully saturated rings. The van der Waals surface area contributed by atoms with Crippen LogP contribution in [0.15, 0.2) is 18.2 Å². The van der Waals surface area contributed by atoms with E-state index in [9.17, 15) is 4.79 Å². The predicted molar refractivity (Wildman–Crippen MR) is 60.6 cm³/mol. The van der Waals surface area contributed by atoms with Gasteiger partial charge < -0.3 is 4.74 Å². The molecule has 0 aliphatic rings. The minimum atomic E-state index is -0.330. The van der Waals surface area contributed by atoms with Gasteiger partial charge in [0.15, 0.2) is 4.47 Å². The first-order valence-corrected chi connectivity index (χ1v) is 5.63. The molecule has 1 aromatic heterocycles. The van der Waals surface area contributed by atoms with Gasteiger partial charge in [0.2, 0.25) is 0 Å². The summed E-state index contributed by atoms with van der Waals surface area (Å²) in [4.78, 5) is 15.5. The fraction of sp³-hybridized carbons (Fsp3) is 0.200. The smallest absolute Gasteiger partial charge is 0.338 e. The lowest BCUT2D eigenvalue weighted by Crippen LogP contribution is -2.03. The van der Waals surface area contributed by atoms with Gasteiger partial charge in [-0.1, -0.05) is 11.6 Å². The molecule has 0 spiro atoms. The summed E-state index contributed by atoms with van der Waals surface area (Å²) in [7, 11) is 0. The highest BCUT2D eigenvalue weighted by atomic mass is 35.5. The number of halogens is 1. The zero-order valence-electron chi connectivity index (χ0n) is 7.99. The Kier molecular flexibility index (Phi) is 2.88. The summed E-state index contributed by atoms with van der Waals surface area (Å²) in [5.41, 5.74) is 1.24. The van der Waals surface area contributed by atoms with E-state index in [1.165, 1.54) is 11.3 Å². The molecule has 78 valence electrons. The molecule has 0 aliphatic heterocycles. The summed E-state index contributed by atoms with van der Waals surface area (Å²) in [6, 6.07) is 5.23. The number of aromatic nitrogens is 1. The maximum atomic E-state index is 11.4. The van der Waals surface area contributed by atoms with E-state index in [1.54, 1.807) is 19.1 Å². The summed E-state index contributed by atoms with van der Waals surface area (Å²) in [6.45, 7) is 2.14. The topological polar surface area (TPSA) is 39.2 Å². The normalized spacial score (nSPS) is 10.5. The minimum absolute atomic E-state index is 0.330. The number of thiazole rings is 1. The third-order valence-electron chi connectivity index (χ3n) is 1.87. The number of carbonyl (C=O) groups is 1. The van der Waals surface area contributed by atoms with Crippen LogP contribution in [0, 0.1) is 0 Å². The minimum Gasteiger partial charge on any atom is -0.462 e. The van der Waals surface area contributed by atoms with Gasteiger partial charge in [-0.25, -0.2) is 9.78 Å². The van der Waals surface area contributed by atoms with Crippen LogP contribution < -0.4 is 0 Å². The van der Waals surface area contributed by atoms with E-state index in [0.717, 1.165) is 10.2 Å². The summed E-state index contributed by atoms with van der Waals surface area (Å²) < 4.78 is 6.33. The van der Waals surface area contributed by atoms with E-state index in [-0.39, 0.29) is 5.97 Å². The molecule has 5 heteroatoms. The summed E-state index contributed by atoms with van der Waals surface area (Å²) >= 11 is 7.16. The second kappa shape index (κ2) is 4.16. The number of ether oxygens (including phenoxy) is 1. The van der Waals surface area contributed by atoms with Crippen molar-refractivity contribution in [2.75, 3.05) is 6.61 Å². The van der Waals surface area contributed by atoms with Crippen LogP contribution >= 0.6 is 22.9 Å². The van der Waals surface area contributed by atoms with E-state index in [4.69, 9.17) is 16.3 Å². The van der Waals surface area contributed by atoms with Gasteiger partial charge in [-0.15, -0.1) is 11.3 Å². The van der Waals surface area contributed by atoms with Crippen molar-refractivity contribution in [1.29, 1.82) is 0 Å². The molecule has 15 heavy (non-hydrogen) atoms. The van der Waals surface area contributed by atoms with Crippen LogP contribution in [0.1, 0.15) is 17.3 Å². The molecule has 0 radical (unpaired) electrons. The number of fused-ring (bicyclic) bond motifs is 1. The van der Waals surface area contributed by atoms with E-state index in [1.807, 2.05) is 6.07 Å². The Morgan fingerprint density at radius 1 is 1.60 bits per heavy atom. The van der Waals surface area contributed by atoms with E-state index in [0.29, 0.717) is 16.6 Å². The Balaban J connectivity index is 2.41. The SMILES string of the molecule is CCOC(=O)c1ccc2sc(Cl)nc2c1. The number of hydrogen-bond acceptors (Lipinski definition) is 4. The van der Waals surface area contributed by atoms with Gasteiger partial charge in [-0.3, -0.25) is 0 Å². The standard InChI is InChI=1S/C10H8ClNO2S/c1-2-14-9(13)6-3-4-8-7(5-6)12-10(11)15-8/h3-5H,2H2,1H3. The lowest BCUT2D eigenvalue weighted by atomic mass is 10.2. The summed E-state index contributed by atoms with van der Waals surface area (Å²) in [6.07, 6.45) is 0. The van der Waals surface area contributed by atoms with Crippen molar-refractivity contribution in [3.05, 3.63) is 28.2 Å². The van der Waals surface area contributed by atoms with Gasteiger partial charge in [0.05, 0.1) is 22.4 Å². The van der Waals surface area contributed by atoms with Crippen molar-refractivity contribution >= 4 is 39.1 Å². The molecular weight excluding hydrogens is 234 g/mol. The first-order valence-electron chi connectivity index (χ1n) is 4.44. The molecule has 0 atom stereocenters. The molecule has 1 aromatic carbocycles. The Hall–Kier alpha value is -1.13. The number of hydrogen-bond donors (Lipinski definition) is 0. The molecule has 0 N–H and O–H groups in total. The molecule has 0 aliphatic carbocycles. The van der Waals surface area contributed by atoms with Gasteiger partial charge >= 0.3 is 5.97 Å². The number of nitrogens with zero attached hydrogens (tertiary/aromatic N) is 1. The van der Waals surface area contributed by atoms with Crippen molar-refractivity contribution in [2.24, 2.45) is 0 Å². The number of rotatable bonds is 2. The molecule has 0 unspecified atom stereocenters. The van der Waals surface area contributed by atoms with Gasteiger partial charge in [0.1, 0.15) is 0 Å². The lowest BCUT2D eigenvalue weighted by Gasteiger charge is -2.00. The molecular formula is C10H8ClNO2S. The second-order valence-corrected chi connectivity index (χ2v) is 4.48. The van der Waals surface area contributed by atoms with Crippen LogP contribution in [-0.2, 0) is 4.74 Å². The second-order valence-electron chi connectivity index (χ2n) is 2.87. The Bertz CT molecular complexity index is 509. The summed E-state index contributed by atoms with van der Waals surface area (Å²) in [5.74, 6) is -0.330. The van der Waals surface area contributed by atoms with Crippen LogP contribution in [0.25, 0.3) is 10.2 Å². The van der Waals surface area contributed by atoms with Crippen LogP contribution in [-0.4, -0.2) is 17.6 Å². The average molecular weight is 242 g/mol. The van der Waals surface area contributed by atoms with Gasteiger partial charge in [-0.2, -0.15) is 0 Å². The quantitative estimate of drug-likeness (QED) is 0.759. The third-order valence-corrected chi connectivity index (χ3v) is 3.01. The largest absolute Gasteiger partial charge is 0.462 e. The van der Waals surface area contributed by atoms with E-state index < -0.39 is 0 Å². The van der Waals surface area contributed by atoms with E-state index in [2.05, 4.69) is 4.98 Å². The molecule has 0 saturated heterocycles. The highest BCUT2D eigenvalue weighted by molar-refractivity contribution is 7.22.